The average molecular weight is 514 g/mol. The number of hydrogen-bond donors (Lipinski definition) is 0. The molecule has 2 aliphatic heterocycles. The van der Waals surface area contributed by atoms with E-state index in [-0.39, 0.29) is 17.0 Å². The summed E-state index contributed by atoms with van der Waals surface area (Å²) in [5.41, 5.74) is 4.20. The van der Waals surface area contributed by atoms with Crippen molar-refractivity contribution in [2.24, 2.45) is 0 Å². The summed E-state index contributed by atoms with van der Waals surface area (Å²) in [7, 11) is 6.52. The standard InChI is InChI=1S/C27H28FNO6S/c1-31-22-9-8-19-21(26(22)33-3)15-29-11-10-16-12-23(32-2)24(14-20(16)25(29)27(19)34-4)35-36(30)18-7-5-6-17(28)13-18/h5-9,12-14,25,27H,10-11,15H2,1-4H3. The zero-order valence-corrected chi connectivity index (χ0v) is 21.4. The Bertz CT molecular complexity index is 1320. The van der Waals surface area contributed by atoms with Crippen molar-refractivity contribution < 1.29 is 31.7 Å². The smallest absolute Gasteiger partial charge is 0.240 e. The van der Waals surface area contributed by atoms with Crippen molar-refractivity contribution in [1.29, 1.82) is 0 Å². The number of nitrogens with zero attached hydrogens (tertiary/aromatic N) is 1. The van der Waals surface area contributed by atoms with Crippen molar-refractivity contribution in [1.82, 2.24) is 4.90 Å². The molecular formula is C27H28FNO6S. The van der Waals surface area contributed by atoms with E-state index < -0.39 is 16.9 Å². The highest BCUT2D eigenvalue weighted by molar-refractivity contribution is 7.80. The summed E-state index contributed by atoms with van der Waals surface area (Å²) >= 11 is -1.92. The molecule has 190 valence electrons. The maximum absolute atomic E-state index is 13.7. The monoisotopic (exact) mass is 513 g/mol. The number of rotatable bonds is 7. The molecule has 0 N–H and O–H groups in total. The Morgan fingerprint density at radius 1 is 0.917 bits per heavy atom. The van der Waals surface area contributed by atoms with Crippen molar-refractivity contribution in [3.63, 3.8) is 0 Å². The molecule has 5 rings (SSSR count). The fraction of sp³-hybridized carbons (Fsp3) is 0.333. The zero-order chi connectivity index (χ0) is 25.4. The first-order chi connectivity index (χ1) is 17.5. The molecule has 3 aromatic rings. The SMILES string of the molecule is COc1cc2c(cc1OS(=O)c1cccc(F)c1)C1C(OC)c3ccc(OC)c(OC)c3CN1CC2. The topological polar surface area (TPSA) is 66.5 Å². The minimum atomic E-state index is -1.92. The Morgan fingerprint density at radius 2 is 1.72 bits per heavy atom. The summed E-state index contributed by atoms with van der Waals surface area (Å²) in [6.07, 6.45) is 0.524. The van der Waals surface area contributed by atoms with Gasteiger partial charge in [-0.1, -0.05) is 12.1 Å². The molecule has 0 amide bonds. The third-order valence-corrected chi connectivity index (χ3v) is 7.82. The molecule has 0 saturated carbocycles. The van der Waals surface area contributed by atoms with E-state index in [4.69, 9.17) is 23.1 Å². The third kappa shape index (κ3) is 4.21. The molecule has 0 aliphatic carbocycles. The van der Waals surface area contributed by atoms with Crippen molar-refractivity contribution in [3.05, 3.63) is 76.6 Å². The lowest BCUT2D eigenvalue weighted by atomic mass is 9.81. The highest BCUT2D eigenvalue weighted by atomic mass is 32.2. The molecule has 0 fully saturated rings. The van der Waals surface area contributed by atoms with Gasteiger partial charge in [0.2, 0.25) is 11.1 Å². The summed E-state index contributed by atoms with van der Waals surface area (Å²) in [5, 5.41) is 0. The van der Waals surface area contributed by atoms with Crippen LogP contribution in [0.25, 0.3) is 0 Å². The lowest BCUT2D eigenvalue weighted by Crippen LogP contribution is -2.42. The number of hydrogen-bond acceptors (Lipinski definition) is 7. The predicted octanol–water partition coefficient (Wildman–Crippen LogP) is 4.75. The van der Waals surface area contributed by atoms with Crippen LogP contribution >= 0.6 is 0 Å². The summed E-state index contributed by atoms with van der Waals surface area (Å²) < 4.78 is 55.3. The average Bonchev–Trinajstić information content (AvgIpc) is 2.90. The van der Waals surface area contributed by atoms with Crippen LogP contribution in [0.3, 0.4) is 0 Å². The molecule has 3 atom stereocenters. The van der Waals surface area contributed by atoms with Gasteiger partial charge in [-0.25, -0.2) is 8.60 Å². The summed E-state index contributed by atoms with van der Waals surface area (Å²) in [6, 6.07) is 13.2. The first-order valence-electron chi connectivity index (χ1n) is 11.6. The van der Waals surface area contributed by atoms with Crippen LogP contribution in [-0.4, -0.2) is 44.1 Å². The number of methoxy groups -OCH3 is 4. The van der Waals surface area contributed by atoms with Gasteiger partial charge in [0.1, 0.15) is 11.9 Å². The number of ether oxygens (including phenoxy) is 4. The van der Waals surface area contributed by atoms with Gasteiger partial charge in [-0.2, -0.15) is 0 Å². The second kappa shape index (κ2) is 10.1. The van der Waals surface area contributed by atoms with Gasteiger partial charge in [0, 0.05) is 25.8 Å². The Hall–Kier alpha value is -3.14. The molecule has 0 saturated heterocycles. The second-order valence-corrected chi connectivity index (χ2v) is 9.78. The van der Waals surface area contributed by atoms with E-state index in [1.165, 1.54) is 18.2 Å². The maximum atomic E-state index is 13.7. The van der Waals surface area contributed by atoms with Gasteiger partial charge in [-0.3, -0.25) is 4.90 Å². The van der Waals surface area contributed by atoms with Crippen LogP contribution in [0, 0.1) is 5.82 Å². The minimum Gasteiger partial charge on any atom is -0.493 e. The fourth-order valence-electron chi connectivity index (χ4n) is 5.23. The predicted molar refractivity (Wildman–Crippen MR) is 133 cm³/mol. The van der Waals surface area contributed by atoms with Crippen LogP contribution in [0.5, 0.6) is 23.0 Å². The van der Waals surface area contributed by atoms with Crippen LogP contribution in [-0.2, 0) is 28.8 Å². The summed E-state index contributed by atoms with van der Waals surface area (Å²) in [4.78, 5) is 2.58. The normalized spacial score (nSPS) is 19.5. The highest BCUT2D eigenvalue weighted by Gasteiger charge is 2.42. The first-order valence-corrected chi connectivity index (χ1v) is 12.6. The molecule has 2 heterocycles. The van der Waals surface area contributed by atoms with Gasteiger partial charge in [-0.15, -0.1) is 0 Å². The highest BCUT2D eigenvalue weighted by Crippen LogP contribution is 2.51. The van der Waals surface area contributed by atoms with Crippen LogP contribution in [0.1, 0.15) is 34.4 Å². The summed E-state index contributed by atoms with van der Waals surface area (Å²) in [6.45, 7) is 1.48. The third-order valence-electron chi connectivity index (χ3n) is 6.85. The molecule has 3 aromatic carbocycles. The molecule has 9 heteroatoms. The van der Waals surface area contributed by atoms with Gasteiger partial charge < -0.3 is 23.1 Å². The van der Waals surface area contributed by atoms with Crippen LogP contribution in [0.15, 0.2) is 53.4 Å². The Morgan fingerprint density at radius 3 is 2.42 bits per heavy atom. The van der Waals surface area contributed by atoms with Crippen molar-refractivity contribution >= 4 is 11.1 Å². The second-order valence-electron chi connectivity index (χ2n) is 8.67. The zero-order valence-electron chi connectivity index (χ0n) is 20.6. The van der Waals surface area contributed by atoms with Gasteiger partial charge >= 0.3 is 0 Å². The van der Waals surface area contributed by atoms with Crippen molar-refractivity contribution in [3.8, 4) is 23.0 Å². The molecule has 0 radical (unpaired) electrons. The molecule has 0 bridgehead atoms. The molecule has 0 spiro atoms. The fourth-order valence-corrected chi connectivity index (χ4v) is 6.02. The Kier molecular flexibility index (Phi) is 6.87. The first kappa shape index (κ1) is 24.5. The van der Waals surface area contributed by atoms with Crippen molar-refractivity contribution in [2.45, 2.75) is 30.0 Å². The van der Waals surface area contributed by atoms with Crippen molar-refractivity contribution in [2.75, 3.05) is 35.0 Å². The maximum Gasteiger partial charge on any atom is 0.240 e. The molecule has 7 nitrogen and oxygen atoms in total. The van der Waals surface area contributed by atoms with Crippen LogP contribution < -0.4 is 18.4 Å². The quantitative estimate of drug-likeness (QED) is 0.452. The Balaban J connectivity index is 1.56. The van der Waals surface area contributed by atoms with E-state index in [2.05, 4.69) is 4.90 Å². The Labute approximate surface area is 212 Å². The van der Waals surface area contributed by atoms with Gasteiger partial charge in [0.05, 0.1) is 32.3 Å². The number of benzene rings is 3. The molecule has 0 aromatic heterocycles. The largest absolute Gasteiger partial charge is 0.493 e. The van der Waals surface area contributed by atoms with Gasteiger partial charge in [-0.05, 0) is 59.5 Å². The van der Waals surface area contributed by atoms with Crippen LogP contribution in [0.2, 0.25) is 0 Å². The van der Waals surface area contributed by atoms with E-state index in [0.29, 0.717) is 29.5 Å². The van der Waals surface area contributed by atoms with Gasteiger partial charge in [0.25, 0.3) is 0 Å². The van der Waals surface area contributed by atoms with Crippen LogP contribution in [0.4, 0.5) is 4.39 Å². The minimum absolute atomic E-state index is 0.0970. The number of fused-ring (bicyclic) bond motifs is 4. The van der Waals surface area contributed by atoms with E-state index in [9.17, 15) is 8.60 Å². The van der Waals surface area contributed by atoms with E-state index in [1.807, 2.05) is 24.3 Å². The van der Waals surface area contributed by atoms with E-state index in [0.717, 1.165) is 35.2 Å². The lowest BCUT2D eigenvalue weighted by molar-refractivity contribution is -0.0114. The molecular weight excluding hydrogens is 485 g/mol. The molecule has 3 unspecified atom stereocenters. The summed E-state index contributed by atoms with van der Waals surface area (Å²) in [5.74, 6) is 1.72. The molecule has 36 heavy (non-hydrogen) atoms. The van der Waals surface area contributed by atoms with Gasteiger partial charge in [0.15, 0.2) is 23.0 Å². The van der Waals surface area contributed by atoms with E-state index in [1.54, 1.807) is 34.5 Å². The number of halogens is 1. The van der Waals surface area contributed by atoms with E-state index >= 15 is 0 Å². The molecule has 2 aliphatic rings. The lowest BCUT2D eigenvalue weighted by Gasteiger charge is -2.45.